The fourth-order valence-electron chi connectivity index (χ4n) is 5.31. The Morgan fingerprint density at radius 2 is 1.10 bits per heavy atom. The second kappa shape index (κ2) is 18.6. The van der Waals surface area contributed by atoms with Crippen molar-refractivity contribution in [2.45, 2.75) is 79.1 Å². The molecule has 0 fully saturated rings. The molecule has 9 nitrogen and oxygen atoms in total. The molecule has 4 aromatic rings. The third-order valence-corrected chi connectivity index (χ3v) is 8.49. The van der Waals surface area contributed by atoms with E-state index in [-0.39, 0.29) is 17.3 Å². The largest absolute Gasteiger partial charge is 0.507 e. The lowest BCUT2D eigenvalue weighted by Gasteiger charge is -2.16. The average Bonchev–Trinajstić information content (AvgIpc) is 3.11. The predicted molar refractivity (Wildman–Crippen MR) is 189 cm³/mol. The SMILES string of the molecule is CCCCC(CC)COc1ccc(-c2nc(-c3ccc(OCC(CC)CCCC)cc3)nc(-c3ccc(OCC(=O)O)cc3O)n2)cc1. The molecule has 1 aromatic heterocycles. The highest BCUT2D eigenvalue weighted by molar-refractivity contribution is 5.71. The Kier molecular flexibility index (Phi) is 14.0. The topological polar surface area (TPSA) is 124 Å². The van der Waals surface area contributed by atoms with Crippen LogP contribution in [0.2, 0.25) is 0 Å². The number of unbranched alkanes of at least 4 members (excludes halogenated alkanes) is 2. The second-order valence-corrected chi connectivity index (χ2v) is 12.2. The van der Waals surface area contributed by atoms with Crippen molar-refractivity contribution in [3.05, 3.63) is 66.7 Å². The van der Waals surface area contributed by atoms with Gasteiger partial charge in [-0.2, -0.15) is 0 Å². The van der Waals surface area contributed by atoms with E-state index in [0.29, 0.717) is 42.3 Å². The van der Waals surface area contributed by atoms with E-state index in [9.17, 15) is 9.90 Å². The van der Waals surface area contributed by atoms with Crippen molar-refractivity contribution in [2.75, 3.05) is 19.8 Å². The van der Waals surface area contributed by atoms with Gasteiger partial charge in [0.05, 0.1) is 18.8 Å². The molecule has 0 aliphatic rings. The predicted octanol–water partition coefficient (Wildman–Crippen LogP) is 9.23. The molecule has 3 aromatic carbocycles. The summed E-state index contributed by atoms with van der Waals surface area (Å²) in [6, 6.07) is 19.9. The molecule has 0 saturated carbocycles. The van der Waals surface area contributed by atoms with Crippen LogP contribution in [0.3, 0.4) is 0 Å². The summed E-state index contributed by atoms with van der Waals surface area (Å²) in [6.45, 7) is 9.66. The molecular formula is C39H49N3O6. The van der Waals surface area contributed by atoms with Crippen LogP contribution >= 0.6 is 0 Å². The standard InChI is InChI=1S/C39H49N3O6/c1-5-9-11-27(7-3)24-46-31-17-13-29(14-18-31)37-40-38(30-15-19-32(20-16-30)47-25-28(8-4)12-10-6-2)42-39(41-37)34-22-21-33(23-35(34)43)48-26-36(44)45/h13-23,27-28,43H,5-12,24-26H2,1-4H3,(H,44,45). The van der Waals surface area contributed by atoms with Gasteiger partial charge in [0.15, 0.2) is 24.1 Å². The molecule has 2 atom stereocenters. The molecule has 0 saturated heterocycles. The maximum atomic E-state index is 10.9. The van der Waals surface area contributed by atoms with Gasteiger partial charge in [0.2, 0.25) is 0 Å². The van der Waals surface area contributed by atoms with Gasteiger partial charge in [-0.05, 0) is 85.3 Å². The van der Waals surface area contributed by atoms with E-state index in [4.69, 9.17) is 34.3 Å². The van der Waals surface area contributed by atoms with E-state index in [0.717, 1.165) is 48.3 Å². The first-order chi connectivity index (χ1) is 23.3. The van der Waals surface area contributed by atoms with E-state index in [1.807, 2.05) is 48.5 Å². The van der Waals surface area contributed by atoms with Crippen LogP contribution in [0.25, 0.3) is 34.2 Å². The number of hydrogen-bond donors (Lipinski definition) is 2. The van der Waals surface area contributed by atoms with Gasteiger partial charge in [-0.15, -0.1) is 0 Å². The zero-order valence-corrected chi connectivity index (χ0v) is 28.7. The van der Waals surface area contributed by atoms with Crippen molar-refractivity contribution < 1.29 is 29.2 Å². The molecule has 256 valence electrons. The van der Waals surface area contributed by atoms with Crippen LogP contribution in [0.1, 0.15) is 79.1 Å². The van der Waals surface area contributed by atoms with E-state index >= 15 is 0 Å². The quantitative estimate of drug-likeness (QED) is 0.0959. The number of carbonyl (C=O) groups is 1. The summed E-state index contributed by atoms with van der Waals surface area (Å²) in [5, 5.41) is 19.9. The highest BCUT2D eigenvalue weighted by Crippen LogP contribution is 2.33. The van der Waals surface area contributed by atoms with Crippen LogP contribution in [0, 0.1) is 11.8 Å². The molecule has 48 heavy (non-hydrogen) atoms. The summed E-state index contributed by atoms with van der Waals surface area (Å²) >= 11 is 0. The van der Waals surface area contributed by atoms with Gasteiger partial charge in [-0.25, -0.2) is 19.7 Å². The Labute approximate surface area is 284 Å². The Hall–Kier alpha value is -4.66. The highest BCUT2D eigenvalue weighted by Gasteiger charge is 2.17. The lowest BCUT2D eigenvalue weighted by molar-refractivity contribution is -0.139. The van der Waals surface area contributed by atoms with Crippen LogP contribution in [0.15, 0.2) is 66.7 Å². The first kappa shape index (κ1) is 36.2. The van der Waals surface area contributed by atoms with Gasteiger partial charge in [-0.3, -0.25) is 0 Å². The maximum absolute atomic E-state index is 10.9. The molecular weight excluding hydrogens is 606 g/mol. The molecule has 0 spiro atoms. The maximum Gasteiger partial charge on any atom is 0.341 e. The third-order valence-electron chi connectivity index (χ3n) is 8.49. The number of hydrogen-bond acceptors (Lipinski definition) is 8. The third kappa shape index (κ3) is 10.7. The Morgan fingerprint density at radius 3 is 1.52 bits per heavy atom. The first-order valence-corrected chi connectivity index (χ1v) is 17.2. The van der Waals surface area contributed by atoms with Gasteiger partial charge in [0.25, 0.3) is 0 Å². The molecule has 2 unspecified atom stereocenters. The molecule has 1 heterocycles. The zero-order valence-electron chi connectivity index (χ0n) is 28.7. The van der Waals surface area contributed by atoms with Gasteiger partial charge >= 0.3 is 5.97 Å². The molecule has 9 heteroatoms. The van der Waals surface area contributed by atoms with Crippen molar-refractivity contribution in [1.82, 2.24) is 15.0 Å². The van der Waals surface area contributed by atoms with Crippen molar-refractivity contribution >= 4 is 5.97 Å². The Balaban J connectivity index is 1.62. The van der Waals surface area contributed by atoms with Gasteiger partial charge in [0.1, 0.15) is 23.0 Å². The normalized spacial score (nSPS) is 12.3. The molecule has 2 N–H and O–H groups in total. The molecule has 0 radical (unpaired) electrons. The second-order valence-electron chi connectivity index (χ2n) is 12.2. The molecule has 0 bridgehead atoms. The summed E-state index contributed by atoms with van der Waals surface area (Å²) in [7, 11) is 0. The minimum atomic E-state index is -1.11. The highest BCUT2D eigenvalue weighted by atomic mass is 16.5. The van der Waals surface area contributed by atoms with E-state index in [2.05, 4.69) is 27.7 Å². The average molecular weight is 656 g/mol. The lowest BCUT2D eigenvalue weighted by atomic mass is 10.0. The summed E-state index contributed by atoms with van der Waals surface area (Å²) < 4.78 is 17.5. The molecule has 0 aliphatic heterocycles. The van der Waals surface area contributed by atoms with E-state index in [1.54, 1.807) is 12.1 Å². The van der Waals surface area contributed by atoms with Crippen molar-refractivity contribution in [3.8, 4) is 57.2 Å². The van der Waals surface area contributed by atoms with Crippen LogP contribution < -0.4 is 14.2 Å². The Morgan fingerprint density at radius 1 is 0.646 bits per heavy atom. The van der Waals surface area contributed by atoms with Crippen molar-refractivity contribution in [2.24, 2.45) is 11.8 Å². The summed E-state index contributed by atoms with van der Waals surface area (Å²) in [4.78, 5) is 25.2. The van der Waals surface area contributed by atoms with Gasteiger partial charge in [0, 0.05) is 17.2 Å². The number of benzene rings is 3. The minimum Gasteiger partial charge on any atom is -0.507 e. The summed E-state index contributed by atoms with van der Waals surface area (Å²) in [5.74, 6) is 2.72. The zero-order chi connectivity index (χ0) is 34.3. The Bertz CT molecular complexity index is 1490. The number of phenolic OH excluding ortho intramolecular Hbond substituents is 1. The number of nitrogens with zero attached hydrogens (tertiary/aromatic N) is 3. The molecule has 0 amide bonds. The number of aliphatic carboxylic acids is 1. The summed E-state index contributed by atoms with van der Waals surface area (Å²) in [6.07, 6.45) is 9.24. The fraction of sp³-hybridized carbons (Fsp3) is 0.436. The molecule has 4 rings (SSSR count). The van der Waals surface area contributed by atoms with Crippen LogP contribution in [-0.2, 0) is 4.79 Å². The van der Waals surface area contributed by atoms with Gasteiger partial charge in [-0.1, -0.05) is 66.2 Å². The molecule has 0 aliphatic carbocycles. The fourth-order valence-corrected chi connectivity index (χ4v) is 5.31. The number of aromatic hydroxyl groups is 1. The number of ether oxygens (including phenoxy) is 3. The van der Waals surface area contributed by atoms with E-state index in [1.165, 1.54) is 31.7 Å². The van der Waals surface area contributed by atoms with Gasteiger partial charge < -0.3 is 24.4 Å². The monoisotopic (exact) mass is 655 g/mol. The van der Waals surface area contributed by atoms with Crippen LogP contribution in [0.4, 0.5) is 0 Å². The van der Waals surface area contributed by atoms with Crippen LogP contribution in [0.5, 0.6) is 23.0 Å². The smallest absolute Gasteiger partial charge is 0.341 e. The number of rotatable bonds is 20. The minimum absolute atomic E-state index is 0.143. The number of carboxylic acid groups (broad SMARTS) is 1. The number of phenols is 1. The van der Waals surface area contributed by atoms with E-state index < -0.39 is 12.6 Å². The van der Waals surface area contributed by atoms with Crippen molar-refractivity contribution in [3.63, 3.8) is 0 Å². The summed E-state index contributed by atoms with van der Waals surface area (Å²) in [5.41, 5.74) is 1.89. The number of carboxylic acids is 1. The van der Waals surface area contributed by atoms with Crippen LogP contribution in [-0.4, -0.2) is 51.0 Å². The number of aromatic nitrogens is 3. The first-order valence-electron chi connectivity index (χ1n) is 17.2. The lowest BCUT2D eigenvalue weighted by Crippen LogP contribution is -2.11. The van der Waals surface area contributed by atoms with Crippen molar-refractivity contribution in [1.29, 1.82) is 0 Å².